The highest BCUT2D eigenvalue weighted by molar-refractivity contribution is 5.71. The fourth-order valence-corrected chi connectivity index (χ4v) is 6.23. The van der Waals surface area contributed by atoms with Gasteiger partial charge in [0.15, 0.2) is 6.10 Å². The zero-order valence-corrected chi connectivity index (χ0v) is 38.7. The normalized spacial score (nSPS) is 12.9. The molecule has 0 aromatic rings. The van der Waals surface area contributed by atoms with E-state index < -0.39 is 6.10 Å². The van der Waals surface area contributed by atoms with E-state index in [0.717, 1.165) is 103 Å². The summed E-state index contributed by atoms with van der Waals surface area (Å²) in [5.74, 6) is -1.02. The molecule has 0 aliphatic carbocycles. The van der Waals surface area contributed by atoms with Crippen molar-refractivity contribution in [3.63, 3.8) is 0 Å². The lowest BCUT2D eigenvalue weighted by atomic mass is 10.1. The summed E-state index contributed by atoms with van der Waals surface area (Å²) < 4.78 is 16.7. The van der Waals surface area contributed by atoms with E-state index in [1.165, 1.54) is 57.8 Å². The summed E-state index contributed by atoms with van der Waals surface area (Å²) in [5.41, 5.74) is 0. The van der Waals surface area contributed by atoms with Gasteiger partial charge in [-0.1, -0.05) is 182 Å². The molecule has 0 heterocycles. The van der Waals surface area contributed by atoms with Crippen molar-refractivity contribution in [2.75, 3.05) is 13.2 Å². The van der Waals surface area contributed by atoms with E-state index in [4.69, 9.17) is 14.2 Å². The molecule has 0 aliphatic heterocycles. The molecule has 0 fully saturated rings. The summed E-state index contributed by atoms with van der Waals surface area (Å²) in [7, 11) is 0. The van der Waals surface area contributed by atoms with Gasteiger partial charge < -0.3 is 14.2 Å². The lowest BCUT2D eigenvalue weighted by Crippen LogP contribution is -2.30. The molecule has 6 heteroatoms. The maximum Gasteiger partial charge on any atom is 0.306 e. The number of esters is 3. The molecule has 0 N–H and O–H groups in total. The third-order valence-corrected chi connectivity index (χ3v) is 9.82. The van der Waals surface area contributed by atoms with Gasteiger partial charge >= 0.3 is 17.9 Å². The first-order valence-corrected chi connectivity index (χ1v) is 24.2. The van der Waals surface area contributed by atoms with Gasteiger partial charge in [0.2, 0.25) is 0 Å². The Labute approximate surface area is 368 Å². The minimum Gasteiger partial charge on any atom is -0.462 e. The lowest BCUT2D eigenvalue weighted by molar-refractivity contribution is -0.166. The number of ether oxygens (including phenoxy) is 3. The van der Waals surface area contributed by atoms with E-state index in [1.54, 1.807) is 0 Å². The standard InChI is InChI=1S/C54H88O6/c1-4-7-10-13-16-19-22-25-27-28-30-32-35-38-41-44-47-53(56)59-50-51(49-58-52(55)46-43-40-37-34-31-24-21-18-15-12-9-6-3)60-54(57)48-45-42-39-36-33-29-26-23-20-17-14-11-8-5-2/h7-8,10-11,16-21,25,27,30,32,38,41,51H,4-6,9,12-15,22-24,26,28-29,31,33-37,39-40,42-50H2,1-3H3/b10-7-,11-8-,19-16-,20-17-,21-18-,27-25-,32-30-,41-38-. The Kier molecular flexibility index (Phi) is 45.1. The molecule has 0 saturated carbocycles. The summed E-state index contributed by atoms with van der Waals surface area (Å²) in [5, 5.41) is 0. The lowest BCUT2D eigenvalue weighted by Gasteiger charge is -2.18. The summed E-state index contributed by atoms with van der Waals surface area (Å²) in [6.07, 6.45) is 62.6. The largest absolute Gasteiger partial charge is 0.462 e. The minimum absolute atomic E-state index is 0.109. The van der Waals surface area contributed by atoms with E-state index >= 15 is 0 Å². The highest BCUT2D eigenvalue weighted by atomic mass is 16.6. The molecule has 1 atom stereocenters. The molecule has 6 nitrogen and oxygen atoms in total. The first-order chi connectivity index (χ1) is 29.5. The number of allylic oxidation sites excluding steroid dienone is 16. The van der Waals surface area contributed by atoms with Gasteiger partial charge in [-0.2, -0.15) is 0 Å². The van der Waals surface area contributed by atoms with Crippen molar-refractivity contribution in [3.8, 4) is 0 Å². The second-order valence-corrected chi connectivity index (χ2v) is 15.6. The maximum atomic E-state index is 12.8. The van der Waals surface area contributed by atoms with Crippen LogP contribution in [0.1, 0.15) is 207 Å². The summed E-state index contributed by atoms with van der Waals surface area (Å²) in [4.78, 5) is 37.8. The van der Waals surface area contributed by atoms with Gasteiger partial charge in [0.05, 0.1) is 0 Å². The second-order valence-electron chi connectivity index (χ2n) is 15.6. The number of hydrogen-bond acceptors (Lipinski definition) is 6. The highest BCUT2D eigenvalue weighted by Crippen LogP contribution is 2.13. The Hall–Kier alpha value is -3.67. The average Bonchev–Trinajstić information content (AvgIpc) is 3.24. The Morgan fingerprint density at radius 3 is 1.13 bits per heavy atom. The molecule has 0 aromatic heterocycles. The van der Waals surface area contributed by atoms with Crippen molar-refractivity contribution in [1.29, 1.82) is 0 Å². The van der Waals surface area contributed by atoms with Gasteiger partial charge in [-0.05, 0) is 103 Å². The van der Waals surface area contributed by atoms with Crippen molar-refractivity contribution >= 4 is 17.9 Å². The van der Waals surface area contributed by atoms with E-state index in [2.05, 4.69) is 106 Å². The fraction of sp³-hybridized carbons (Fsp3) is 0.648. The predicted octanol–water partition coefficient (Wildman–Crippen LogP) is 15.8. The van der Waals surface area contributed by atoms with Crippen molar-refractivity contribution < 1.29 is 28.6 Å². The van der Waals surface area contributed by atoms with E-state index in [1.807, 2.05) is 12.2 Å². The zero-order valence-electron chi connectivity index (χ0n) is 38.7. The molecule has 60 heavy (non-hydrogen) atoms. The van der Waals surface area contributed by atoms with Crippen LogP contribution >= 0.6 is 0 Å². The Morgan fingerprint density at radius 2 is 0.683 bits per heavy atom. The van der Waals surface area contributed by atoms with Crippen LogP contribution in [0.5, 0.6) is 0 Å². The molecule has 0 saturated heterocycles. The monoisotopic (exact) mass is 833 g/mol. The Morgan fingerprint density at radius 1 is 0.350 bits per heavy atom. The molecule has 0 aliphatic rings. The summed E-state index contributed by atoms with van der Waals surface area (Å²) in [6, 6.07) is 0. The first-order valence-electron chi connectivity index (χ1n) is 24.2. The van der Waals surface area contributed by atoms with Crippen LogP contribution in [0.25, 0.3) is 0 Å². The fourth-order valence-electron chi connectivity index (χ4n) is 6.23. The Balaban J connectivity index is 4.53. The van der Waals surface area contributed by atoms with E-state index in [0.29, 0.717) is 19.3 Å². The molecule has 340 valence electrons. The van der Waals surface area contributed by atoms with Crippen LogP contribution in [0.4, 0.5) is 0 Å². The number of carbonyl (C=O) groups is 3. The van der Waals surface area contributed by atoms with Gasteiger partial charge in [0.1, 0.15) is 13.2 Å². The third-order valence-electron chi connectivity index (χ3n) is 9.82. The van der Waals surface area contributed by atoms with Crippen molar-refractivity contribution in [2.45, 2.75) is 213 Å². The maximum absolute atomic E-state index is 12.8. The van der Waals surface area contributed by atoms with E-state index in [9.17, 15) is 14.4 Å². The quantitative estimate of drug-likeness (QED) is 0.0264. The summed E-state index contributed by atoms with van der Waals surface area (Å²) in [6.45, 7) is 6.29. The Bertz CT molecular complexity index is 1230. The molecule has 0 aromatic carbocycles. The second kappa shape index (κ2) is 48.0. The van der Waals surface area contributed by atoms with Crippen LogP contribution in [0, 0.1) is 0 Å². The number of unbranched alkanes of at least 4 members (excludes halogenated alkanes) is 15. The van der Waals surface area contributed by atoms with Crippen LogP contribution in [0.2, 0.25) is 0 Å². The highest BCUT2D eigenvalue weighted by Gasteiger charge is 2.19. The first kappa shape index (κ1) is 56.3. The summed E-state index contributed by atoms with van der Waals surface area (Å²) >= 11 is 0. The number of carbonyl (C=O) groups excluding carboxylic acids is 3. The third kappa shape index (κ3) is 45.4. The molecule has 0 spiro atoms. The van der Waals surface area contributed by atoms with Gasteiger partial charge in [-0.25, -0.2) is 0 Å². The zero-order chi connectivity index (χ0) is 43.7. The van der Waals surface area contributed by atoms with Crippen LogP contribution in [-0.4, -0.2) is 37.2 Å². The predicted molar refractivity (Wildman–Crippen MR) is 256 cm³/mol. The topological polar surface area (TPSA) is 78.9 Å². The molecule has 0 radical (unpaired) electrons. The number of rotatable bonds is 42. The minimum atomic E-state index is -0.814. The van der Waals surface area contributed by atoms with Crippen LogP contribution < -0.4 is 0 Å². The van der Waals surface area contributed by atoms with Gasteiger partial charge in [0.25, 0.3) is 0 Å². The van der Waals surface area contributed by atoms with Gasteiger partial charge in [-0.15, -0.1) is 0 Å². The van der Waals surface area contributed by atoms with Gasteiger partial charge in [-0.3, -0.25) is 14.4 Å². The molecule has 0 amide bonds. The molecular formula is C54H88O6. The molecule has 0 bridgehead atoms. The van der Waals surface area contributed by atoms with Crippen LogP contribution in [0.3, 0.4) is 0 Å². The van der Waals surface area contributed by atoms with Crippen LogP contribution in [-0.2, 0) is 28.6 Å². The van der Waals surface area contributed by atoms with Gasteiger partial charge in [0, 0.05) is 19.3 Å². The van der Waals surface area contributed by atoms with Crippen molar-refractivity contribution in [1.82, 2.24) is 0 Å². The molecule has 0 rings (SSSR count). The molecular weight excluding hydrogens is 745 g/mol. The molecule has 1 unspecified atom stereocenters. The average molecular weight is 833 g/mol. The van der Waals surface area contributed by atoms with Crippen molar-refractivity contribution in [2.24, 2.45) is 0 Å². The smallest absolute Gasteiger partial charge is 0.306 e. The SMILES string of the molecule is CC/C=C\C/C=C\C/C=C\C/C=C\C/C=C\CCC(=O)OCC(COC(=O)CCCCCCC/C=C\CCCCC)OC(=O)CCCCCCCCC/C=C\C/C=C\CC. The van der Waals surface area contributed by atoms with Crippen molar-refractivity contribution in [3.05, 3.63) is 97.2 Å². The van der Waals surface area contributed by atoms with Crippen LogP contribution in [0.15, 0.2) is 97.2 Å². The van der Waals surface area contributed by atoms with E-state index in [-0.39, 0.29) is 37.5 Å². The number of hydrogen-bond donors (Lipinski definition) is 0.